The van der Waals surface area contributed by atoms with Crippen LogP contribution in [0.2, 0.25) is 0 Å². The lowest BCUT2D eigenvalue weighted by atomic mass is 9.84. The predicted octanol–water partition coefficient (Wildman–Crippen LogP) is 1.47. The zero-order chi connectivity index (χ0) is 16.3. The maximum atomic E-state index is 11.8. The monoisotopic (exact) mass is 329 g/mol. The van der Waals surface area contributed by atoms with Gasteiger partial charge in [0.2, 0.25) is 5.91 Å². The minimum Gasteiger partial charge on any atom is -0.466 e. The summed E-state index contributed by atoms with van der Waals surface area (Å²) in [6.07, 6.45) is 1.98. The number of allylic oxidation sites excluding steroid dienone is 1. The van der Waals surface area contributed by atoms with Crippen molar-refractivity contribution in [3.63, 3.8) is 0 Å². The predicted molar refractivity (Wildman–Crippen MR) is 75.7 cm³/mol. The molecule has 0 saturated heterocycles. The lowest BCUT2D eigenvalue weighted by Gasteiger charge is -2.33. The van der Waals surface area contributed by atoms with Crippen molar-refractivity contribution in [2.24, 2.45) is 11.8 Å². The average Bonchev–Trinajstić information content (AvgIpc) is 2.89. The molecule has 1 N–H and O–H groups in total. The first-order valence-electron chi connectivity index (χ1n) is 6.64. The van der Waals surface area contributed by atoms with Crippen molar-refractivity contribution >= 4 is 29.6 Å². The van der Waals surface area contributed by atoms with Gasteiger partial charge in [0.1, 0.15) is 5.88 Å². The van der Waals surface area contributed by atoms with Crippen LogP contribution in [0, 0.1) is 11.8 Å². The number of esters is 1. The highest BCUT2D eigenvalue weighted by Gasteiger charge is 2.44. The number of imide groups is 1. The normalized spacial score (nSPS) is 26.0. The summed E-state index contributed by atoms with van der Waals surface area (Å²) in [7, 11) is 1.29. The van der Waals surface area contributed by atoms with Gasteiger partial charge >= 0.3 is 12.1 Å². The molecule has 0 aromatic heterocycles. The molecule has 0 radical (unpaired) electrons. The van der Waals surface area contributed by atoms with Gasteiger partial charge in [-0.2, -0.15) is 0 Å². The molecule has 0 aromatic rings. The van der Waals surface area contributed by atoms with E-state index in [4.69, 9.17) is 25.8 Å². The van der Waals surface area contributed by atoms with E-state index in [2.05, 4.69) is 0 Å². The molecule has 0 saturated carbocycles. The molecule has 8 heteroatoms. The van der Waals surface area contributed by atoms with Crippen LogP contribution in [0.1, 0.15) is 13.3 Å². The number of carbonyl (C=O) groups is 3. The van der Waals surface area contributed by atoms with Crippen LogP contribution in [0.5, 0.6) is 0 Å². The standard InChI is InChI=1S/C14H16ClNO6/c1-7-3-4-8-9(12(18)20-2)6-21-13(11(7)8)22-14(19)16-10(17)5-15/h3,6,8,11,13H,4-5H2,1-2H3,(H,16,17,19). The van der Waals surface area contributed by atoms with Crippen molar-refractivity contribution < 1.29 is 28.6 Å². The molecule has 3 unspecified atom stereocenters. The molecule has 7 nitrogen and oxygen atoms in total. The van der Waals surface area contributed by atoms with Gasteiger partial charge in [-0.15, -0.1) is 11.6 Å². The van der Waals surface area contributed by atoms with E-state index in [0.717, 1.165) is 5.57 Å². The highest BCUT2D eigenvalue weighted by molar-refractivity contribution is 6.28. The van der Waals surface area contributed by atoms with Crippen molar-refractivity contribution in [2.75, 3.05) is 13.0 Å². The fraction of sp³-hybridized carbons (Fsp3) is 0.500. The second kappa shape index (κ2) is 6.83. The number of methoxy groups -OCH3 is 1. The summed E-state index contributed by atoms with van der Waals surface area (Å²) < 4.78 is 15.2. The summed E-state index contributed by atoms with van der Waals surface area (Å²) in [5, 5.41) is 1.97. The largest absolute Gasteiger partial charge is 0.466 e. The van der Waals surface area contributed by atoms with Gasteiger partial charge in [0.15, 0.2) is 0 Å². The van der Waals surface area contributed by atoms with E-state index in [9.17, 15) is 14.4 Å². The van der Waals surface area contributed by atoms with Gasteiger partial charge < -0.3 is 14.2 Å². The Morgan fingerprint density at radius 1 is 1.45 bits per heavy atom. The molecular formula is C14H16ClNO6. The van der Waals surface area contributed by atoms with E-state index in [0.29, 0.717) is 12.0 Å². The molecule has 3 atom stereocenters. The number of nitrogens with one attached hydrogen (secondary N) is 1. The lowest BCUT2D eigenvalue weighted by molar-refractivity contribution is -0.141. The Kier molecular flexibility index (Phi) is 5.07. The molecule has 120 valence electrons. The van der Waals surface area contributed by atoms with Crippen LogP contribution in [0.4, 0.5) is 4.79 Å². The summed E-state index contributed by atoms with van der Waals surface area (Å²) >= 11 is 5.30. The lowest BCUT2D eigenvalue weighted by Crippen LogP contribution is -2.41. The average molecular weight is 330 g/mol. The van der Waals surface area contributed by atoms with Gasteiger partial charge in [-0.25, -0.2) is 9.59 Å². The minimum atomic E-state index is -0.941. The molecule has 2 aliphatic rings. The van der Waals surface area contributed by atoms with Crippen LogP contribution in [-0.2, 0) is 23.8 Å². The zero-order valence-electron chi connectivity index (χ0n) is 12.1. The Hall–Kier alpha value is -2.02. The highest BCUT2D eigenvalue weighted by atomic mass is 35.5. The van der Waals surface area contributed by atoms with E-state index in [1.165, 1.54) is 13.4 Å². The van der Waals surface area contributed by atoms with Gasteiger partial charge in [-0.3, -0.25) is 10.1 Å². The van der Waals surface area contributed by atoms with Crippen molar-refractivity contribution in [3.05, 3.63) is 23.5 Å². The number of alkyl carbamates (subject to hydrolysis) is 1. The first kappa shape index (κ1) is 16.4. The first-order chi connectivity index (χ1) is 10.5. The minimum absolute atomic E-state index is 0.178. The maximum absolute atomic E-state index is 11.8. The number of hydrogen-bond acceptors (Lipinski definition) is 6. The second-order valence-electron chi connectivity index (χ2n) is 4.97. The van der Waals surface area contributed by atoms with Gasteiger partial charge in [0.05, 0.1) is 24.9 Å². The van der Waals surface area contributed by atoms with Crippen LogP contribution in [0.25, 0.3) is 0 Å². The second-order valence-corrected chi connectivity index (χ2v) is 5.24. The SMILES string of the molecule is COC(=O)C1=COC(OC(=O)NC(=O)CCl)C2C(C)=CCC12. The van der Waals surface area contributed by atoms with Gasteiger partial charge in [0.25, 0.3) is 6.29 Å². The van der Waals surface area contributed by atoms with Crippen LogP contribution in [0.15, 0.2) is 23.5 Å². The third kappa shape index (κ3) is 3.24. The van der Waals surface area contributed by atoms with Crippen molar-refractivity contribution in [3.8, 4) is 0 Å². The molecule has 1 aliphatic carbocycles. The Morgan fingerprint density at radius 3 is 2.82 bits per heavy atom. The van der Waals surface area contributed by atoms with Crippen LogP contribution in [0.3, 0.4) is 0 Å². The highest BCUT2D eigenvalue weighted by Crippen LogP contribution is 2.43. The number of amides is 2. The summed E-state index contributed by atoms with van der Waals surface area (Å²) in [6.45, 7) is 1.87. The maximum Gasteiger partial charge on any atom is 0.416 e. The Bertz CT molecular complexity index is 556. The summed E-state index contributed by atoms with van der Waals surface area (Å²) in [5.41, 5.74) is 1.35. The molecular weight excluding hydrogens is 314 g/mol. The van der Waals surface area contributed by atoms with Gasteiger partial charge in [-0.1, -0.05) is 11.6 Å². The molecule has 0 bridgehead atoms. The first-order valence-corrected chi connectivity index (χ1v) is 7.18. The van der Waals surface area contributed by atoms with E-state index in [-0.39, 0.29) is 17.7 Å². The number of alkyl halides is 1. The molecule has 1 aliphatic heterocycles. The number of halogens is 1. The molecule has 1 heterocycles. The van der Waals surface area contributed by atoms with Crippen LogP contribution < -0.4 is 5.32 Å². The molecule has 0 spiro atoms. The smallest absolute Gasteiger partial charge is 0.416 e. The van der Waals surface area contributed by atoms with Crippen molar-refractivity contribution in [1.82, 2.24) is 5.32 Å². The van der Waals surface area contributed by atoms with Crippen molar-refractivity contribution in [2.45, 2.75) is 19.6 Å². The van der Waals surface area contributed by atoms with E-state index in [1.54, 1.807) is 0 Å². The van der Waals surface area contributed by atoms with E-state index >= 15 is 0 Å². The zero-order valence-corrected chi connectivity index (χ0v) is 12.9. The number of carbonyl (C=O) groups excluding carboxylic acids is 3. The van der Waals surface area contributed by atoms with Crippen LogP contribution >= 0.6 is 11.6 Å². The summed E-state index contributed by atoms with van der Waals surface area (Å²) in [6, 6.07) is 0. The van der Waals surface area contributed by atoms with E-state index < -0.39 is 24.3 Å². The van der Waals surface area contributed by atoms with Crippen molar-refractivity contribution in [1.29, 1.82) is 0 Å². The number of ether oxygens (including phenoxy) is 3. The fourth-order valence-electron chi connectivity index (χ4n) is 2.65. The van der Waals surface area contributed by atoms with Gasteiger partial charge in [0, 0.05) is 5.92 Å². The topological polar surface area (TPSA) is 90.9 Å². The Balaban J connectivity index is 2.11. The third-order valence-electron chi connectivity index (χ3n) is 3.68. The quantitative estimate of drug-likeness (QED) is 0.479. The van der Waals surface area contributed by atoms with Crippen LogP contribution in [-0.4, -0.2) is 37.2 Å². The Morgan fingerprint density at radius 2 is 2.18 bits per heavy atom. The molecule has 0 aromatic carbocycles. The number of hydrogen-bond donors (Lipinski definition) is 1. The summed E-state index contributed by atoms with van der Waals surface area (Å²) in [4.78, 5) is 34.4. The molecule has 0 fully saturated rings. The fourth-order valence-corrected chi connectivity index (χ4v) is 2.72. The number of fused-ring (bicyclic) bond motifs is 1. The molecule has 2 rings (SSSR count). The summed E-state index contributed by atoms with van der Waals surface area (Å²) in [5.74, 6) is -1.96. The Labute approximate surface area is 132 Å². The molecule has 2 amide bonds. The third-order valence-corrected chi connectivity index (χ3v) is 3.92. The number of rotatable bonds is 3. The molecule has 22 heavy (non-hydrogen) atoms. The van der Waals surface area contributed by atoms with E-state index in [1.807, 2.05) is 18.3 Å². The van der Waals surface area contributed by atoms with Gasteiger partial charge in [-0.05, 0) is 13.3 Å².